The fourth-order valence-corrected chi connectivity index (χ4v) is 2.24. The number of nitrogen functional groups attached to an aromatic ring is 1. The minimum Gasteiger partial charge on any atom is -0.499 e. The van der Waals surface area contributed by atoms with Gasteiger partial charge in [-0.3, -0.25) is 0 Å². The molecule has 74 valence electrons. The summed E-state index contributed by atoms with van der Waals surface area (Å²) in [5, 5.41) is 10.5. The molecule has 0 saturated carbocycles. The van der Waals surface area contributed by atoms with Crippen LogP contribution in [-0.2, 0) is 0 Å². The van der Waals surface area contributed by atoms with E-state index >= 15 is 0 Å². The smallest absolute Gasteiger partial charge is 0.172 e. The van der Waals surface area contributed by atoms with Crippen LogP contribution in [0.25, 0.3) is 10.1 Å². The van der Waals surface area contributed by atoms with E-state index in [4.69, 9.17) is 10.5 Å². The van der Waals surface area contributed by atoms with Crippen LogP contribution in [0, 0.1) is 0 Å². The summed E-state index contributed by atoms with van der Waals surface area (Å²) < 4.78 is 6.30. The third-order valence-electron chi connectivity index (χ3n) is 1.94. The SMILES string of the molecule is CCOc1cc(N)c2cc(O)sc2c1. The van der Waals surface area contributed by atoms with Crippen molar-refractivity contribution >= 4 is 27.1 Å². The first-order valence-electron chi connectivity index (χ1n) is 4.35. The first kappa shape index (κ1) is 9.15. The average Bonchev–Trinajstić information content (AvgIpc) is 2.47. The first-order chi connectivity index (χ1) is 6.70. The maximum absolute atomic E-state index is 9.32. The highest BCUT2D eigenvalue weighted by Crippen LogP contribution is 2.36. The van der Waals surface area contributed by atoms with Crippen molar-refractivity contribution in [1.29, 1.82) is 0 Å². The molecule has 1 heterocycles. The summed E-state index contributed by atoms with van der Waals surface area (Å²) in [5.41, 5.74) is 6.46. The van der Waals surface area contributed by atoms with Gasteiger partial charge in [0.25, 0.3) is 0 Å². The number of hydrogen-bond acceptors (Lipinski definition) is 4. The lowest BCUT2D eigenvalue weighted by Gasteiger charge is -2.04. The van der Waals surface area contributed by atoms with E-state index in [1.54, 1.807) is 12.1 Å². The molecule has 3 nitrogen and oxygen atoms in total. The van der Waals surface area contributed by atoms with Gasteiger partial charge in [-0.25, -0.2) is 0 Å². The lowest BCUT2D eigenvalue weighted by Crippen LogP contribution is -1.93. The van der Waals surface area contributed by atoms with Crippen LogP contribution in [0.15, 0.2) is 18.2 Å². The zero-order valence-electron chi connectivity index (χ0n) is 7.78. The molecular formula is C10H11NO2S. The average molecular weight is 209 g/mol. The van der Waals surface area contributed by atoms with Crippen LogP contribution in [0.2, 0.25) is 0 Å². The number of aromatic hydroxyl groups is 1. The lowest BCUT2D eigenvalue weighted by molar-refractivity contribution is 0.341. The normalized spacial score (nSPS) is 10.6. The summed E-state index contributed by atoms with van der Waals surface area (Å²) in [4.78, 5) is 0. The molecule has 0 aliphatic heterocycles. The number of ether oxygens (including phenoxy) is 1. The minimum atomic E-state index is 0.278. The zero-order valence-corrected chi connectivity index (χ0v) is 8.60. The van der Waals surface area contributed by atoms with Gasteiger partial charge >= 0.3 is 0 Å². The zero-order chi connectivity index (χ0) is 10.1. The van der Waals surface area contributed by atoms with Gasteiger partial charge in [-0.2, -0.15) is 0 Å². The Balaban J connectivity index is 2.59. The Labute approximate surface area is 85.7 Å². The molecular weight excluding hydrogens is 198 g/mol. The molecule has 0 aliphatic rings. The van der Waals surface area contributed by atoms with Crippen LogP contribution < -0.4 is 10.5 Å². The van der Waals surface area contributed by atoms with E-state index in [1.165, 1.54) is 11.3 Å². The van der Waals surface area contributed by atoms with Crippen LogP contribution in [-0.4, -0.2) is 11.7 Å². The monoisotopic (exact) mass is 209 g/mol. The van der Waals surface area contributed by atoms with E-state index in [9.17, 15) is 5.11 Å². The molecule has 14 heavy (non-hydrogen) atoms. The fourth-order valence-electron chi connectivity index (χ4n) is 1.38. The summed E-state index contributed by atoms with van der Waals surface area (Å²) in [7, 11) is 0. The molecule has 0 bridgehead atoms. The molecule has 3 N–H and O–H groups in total. The van der Waals surface area contributed by atoms with Crippen LogP contribution in [0.5, 0.6) is 10.8 Å². The molecule has 0 aliphatic carbocycles. The van der Waals surface area contributed by atoms with Crippen molar-refractivity contribution in [3.8, 4) is 10.8 Å². The second kappa shape index (κ2) is 3.38. The van der Waals surface area contributed by atoms with E-state index in [0.29, 0.717) is 12.3 Å². The Bertz CT molecular complexity index is 464. The molecule has 0 unspecified atom stereocenters. The second-order valence-corrected chi connectivity index (χ2v) is 4.00. The molecule has 1 aromatic heterocycles. The van der Waals surface area contributed by atoms with Crippen molar-refractivity contribution in [2.24, 2.45) is 0 Å². The number of fused-ring (bicyclic) bond motifs is 1. The number of hydrogen-bond donors (Lipinski definition) is 2. The van der Waals surface area contributed by atoms with Crippen LogP contribution in [0.3, 0.4) is 0 Å². The van der Waals surface area contributed by atoms with E-state index < -0.39 is 0 Å². The highest BCUT2D eigenvalue weighted by Gasteiger charge is 2.06. The first-order valence-corrected chi connectivity index (χ1v) is 5.17. The Kier molecular flexibility index (Phi) is 2.21. The largest absolute Gasteiger partial charge is 0.499 e. The Morgan fingerprint density at radius 3 is 2.93 bits per heavy atom. The summed E-state index contributed by atoms with van der Waals surface area (Å²) in [6.45, 7) is 2.54. The maximum atomic E-state index is 9.32. The van der Waals surface area contributed by atoms with E-state index in [0.717, 1.165) is 15.8 Å². The fraction of sp³-hybridized carbons (Fsp3) is 0.200. The highest BCUT2D eigenvalue weighted by molar-refractivity contribution is 7.20. The molecule has 2 rings (SSSR count). The topological polar surface area (TPSA) is 55.5 Å². The Morgan fingerprint density at radius 2 is 2.21 bits per heavy atom. The van der Waals surface area contributed by atoms with Crippen LogP contribution >= 0.6 is 11.3 Å². The van der Waals surface area contributed by atoms with E-state index in [2.05, 4.69) is 0 Å². The van der Waals surface area contributed by atoms with Gasteiger partial charge in [0.05, 0.1) is 6.61 Å². The summed E-state index contributed by atoms with van der Waals surface area (Å²) in [5.74, 6) is 0.749. The summed E-state index contributed by atoms with van der Waals surface area (Å²) in [6.07, 6.45) is 0. The van der Waals surface area contributed by atoms with Crippen LogP contribution in [0.4, 0.5) is 5.69 Å². The van der Waals surface area contributed by atoms with Crippen LogP contribution in [0.1, 0.15) is 6.92 Å². The third-order valence-corrected chi connectivity index (χ3v) is 2.83. The molecule has 0 atom stereocenters. The number of anilines is 1. The van der Waals surface area contributed by atoms with Crippen molar-refractivity contribution in [2.45, 2.75) is 6.92 Å². The molecule has 0 saturated heterocycles. The van der Waals surface area contributed by atoms with Crippen molar-refractivity contribution in [3.63, 3.8) is 0 Å². The van der Waals surface area contributed by atoms with Gasteiger partial charge in [-0.15, -0.1) is 0 Å². The number of thiophene rings is 1. The lowest BCUT2D eigenvalue weighted by atomic mass is 10.2. The van der Waals surface area contributed by atoms with Crippen molar-refractivity contribution in [2.75, 3.05) is 12.3 Å². The molecule has 2 aromatic rings. The van der Waals surface area contributed by atoms with Crippen molar-refractivity contribution in [3.05, 3.63) is 18.2 Å². The molecule has 4 heteroatoms. The van der Waals surface area contributed by atoms with Gasteiger partial charge < -0.3 is 15.6 Å². The Hall–Kier alpha value is -1.42. The van der Waals surface area contributed by atoms with E-state index in [-0.39, 0.29) is 5.06 Å². The predicted octanol–water partition coefficient (Wildman–Crippen LogP) is 2.59. The van der Waals surface area contributed by atoms with Gasteiger partial charge in [0.15, 0.2) is 5.06 Å². The van der Waals surface area contributed by atoms with Gasteiger partial charge in [0, 0.05) is 27.9 Å². The van der Waals surface area contributed by atoms with Gasteiger partial charge in [-0.1, -0.05) is 11.3 Å². The number of benzene rings is 1. The Morgan fingerprint density at radius 1 is 1.43 bits per heavy atom. The summed E-state index contributed by atoms with van der Waals surface area (Å²) in [6, 6.07) is 5.34. The maximum Gasteiger partial charge on any atom is 0.172 e. The van der Waals surface area contributed by atoms with E-state index in [1.807, 2.05) is 13.0 Å². The van der Waals surface area contributed by atoms with Gasteiger partial charge in [-0.05, 0) is 13.0 Å². The van der Waals surface area contributed by atoms with Gasteiger partial charge in [0.1, 0.15) is 5.75 Å². The third kappa shape index (κ3) is 1.48. The predicted molar refractivity (Wildman–Crippen MR) is 59.1 cm³/mol. The molecule has 0 fully saturated rings. The minimum absolute atomic E-state index is 0.278. The molecule has 0 radical (unpaired) electrons. The molecule has 0 spiro atoms. The summed E-state index contributed by atoms with van der Waals surface area (Å²) >= 11 is 1.30. The van der Waals surface area contributed by atoms with Gasteiger partial charge in [0.2, 0.25) is 0 Å². The molecule has 1 aromatic carbocycles. The highest BCUT2D eigenvalue weighted by atomic mass is 32.1. The van der Waals surface area contributed by atoms with Crippen molar-refractivity contribution in [1.82, 2.24) is 0 Å². The standard InChI is InChI=1S/C10H11NO2S/c1-2-13-6-3-8(11)7-5-10(12)14-9(7)4-6/h3-5,12H,2,11H2,1H3. The molecule has 0 amide bonds. The number of rotatable bonds is 2. The van der Waals surface area contributed by atoms with Crippen molar-refractivity contribution < 1.29 is 9.84 Å². The quantitative estimate of drug-likeness (QED) is 0.747. The second-order valence-electron chi connectivity index (χ2n) is 2.94. The number of nitrogens with two attached hydrogens (primary N) is 1.